The normalized spacial score (nSPS) is 11.7. The zero-order chi connectivity index (χ0) is 14.7. The molecule has 0 aliphatic heterocycles. The maximum absolute atomic E-state index is 11.8. The van der Waals surface area contributed by atoms with E-state index in [-0.39, 0.29) is 16.9 Å². The number of aryl methyl sites for hydroxylation is 1. The highest BCUT2D eigenvalue weighted by molar-refractivity contribution is 6.02. The third-order valence-electron chi connectivity index (χ3n) is 2.46. The number of rotatable bonds is 4. The molecule has 0 aliphatic carbocycles. The number of carboxylic acid groups (broad SMARTS) is 1. The highest BCUT2D eigenvalue weighted by atomic mass is 16.6. The van der Waals surface area contributed by atoms with E-state index in [1.54, 1.807) is 6.92 Å². The van der Waals surface area contributed by atoms with Crippen molar-refractivity contribution >= 4 is 23.3 Å². The Hall–Kier alpha value is -2.64. The molecule has 1 amide bonds. The van der Waals surface area contributed by atoms with E-state index in [0.29, 0.717) is 5.56 Å². The monoisotopic (exact) mass is 267 g/mol. The van der Waals surface area contributed by atoms with E-state index in [4.69, 9.17) is 10.8 Å². The van der Waals surface area contributed by atoms with Gasteiger partial charge >= 0.3 is 5.97 Å². The van der Waals surface area contributed by atoms with Crippen LogP contribution in [0, 0.1) is 17.0 Å². The molecule has 0 bridgehead atoms. The number of hydrogen-bond donors (Lipinski definition) is 3. The van der Waals surface area contributed by atoms with Crippen LogP contribution in [0.5, 0.6) is 0 Å². The molecule has 1 rings (SSSR count). The number of nitro groups is 1. The summed E-state index contributed by atoms with van der Waals surface area (Å²) in [7, 11) is 0. The predicted octanol–water partition coefficient (Wildman–Crippen LogP) is 0.688. The minimum atomic E-state index is -1.21. The Labute approximate surface area is 108 Å². The topological polar surface area (TPSA) is 136 Å². The maximum Gasteiger partial charge on any atom is 0.325 e. The molecular formula is C11H13N3O5. The van der Waals surface area contributed by atoms with Crippen LogP contribution >= 0.6 is 0 Å². The van der Waals surface area contributed by atoms with Gasteiger partial charge in [-0.1, -0.05) is 0 Å². The molecule has 1 aromatic carbocycles. The lowest BCUT2D eigenvalue weighted by atomic mass is 10.1. The number of aliphatic carboxylic acids is 1. The van der Waals surface area contributed by atoms with Gasteiger partial charge in [-0.05, 0) is 25.5 Å². The van der Waals surface area contributed by atoms with Gasteiger partial charge in [0.1, 0.15) is 11.7 Å². The Kier molecular flexibility index (Phi) is 4.05. The van der Waals surface area contributed by atoms with Crippen LogP contribution in [-0.4, -0.2) is 27.9 Å². The highest BCUT2D eigenvalue weighted by Crippen LogP contribution is 2.27. The van der Waals surface area contributed by atoms with Crippen molar-refractivity contribution in [2.45, 2.75) is 19.9 Å². The summed E-state index contributed by atoms with van der Waals surface area (Å²) in [5.41, 5.74) is 5.26. The molecule has 1 aromatic rings. The van der Waals surface area contributed by atoms with E-state index in [1.807, 2.05) is 0 Å². The van der Waals surface area contributed by atoms with Crippen molar-refractivity contribution in [3.05, 3.63) is 33.4 Å². The van der Waals surface area contributed by atoms with Crippen molar-refractivity contribution in [3.8, 4) is 0 Å². The summed E-state index contributed by atoms with van der Waals surface area (Å²) in [6.45, 7) is 2.85. The Balaban J connectivity index is 3.17. The minimum absolute atomic E-state index is 0.111. The van der Waals surface area contributed by atoms with Crippen LogP contribution in [0.2, 0.25) is 0 Å². The van der Waals surface area contributed by atoms with Crippen molar-refractivity contribution in [2.24, 2.45) is 0 Å². The number of amides is 1. The number of nitrogens with one attached hydrogen (secondary N) is 1. The third kappa shape index (κ3) is 3.18. The van der Waals surface area contributed by atoms with Crippen LogP contribution in [-0.2, 0) is 4.79 Å². The van der Waals surface area contributed by atoms with E-state index in [1.165, 1.54) is 19.1 Å². The summed E-state index contributed by atoms with van der Waals surface area (Å²) in [6, 6.07) is 1.49. The molecule has 0 aromatic heterocycles. The van der Waals surface area contributed by atoms with E-state index in [0.717, 1.165) is 0 Å². The van der Waals surface area contributed by atoms with Crippen molar-refractivity contribution in [2.75, 3.05) is 5.73 Å². The van der Waals surface area contributed by atoms with Crippen molar-refractivity contribution in [1.29, 1.82) is 0 Å². The summed E-state index contributed by atoms with van der Waals surface area (Å²) in [5.74, 6) is -1.98. The Bertz CT molecular complexity index is 556. The number of hydrogen-bond acceptors (Lipinski definition) is 5. The molecule has 19 heavy (non-hydrogen) atoms. The van der Waals surface area contributed by atoms with Gasteiger partial charge in [-0.15, -0.1) is 0 Å². The number of carbonyl (C=O) groups excluding carboxylic acids is 1. The van der Waals surface area contributed by atoms with Gasteiger partial charge in [0.15, 0.2) is 0 Å². The van der Waals surface area contributed by atoms with Gasteiger partial charge in [-0.3, -0.25) is 19.7 Å². The minimum Gasteiger partial charge on any atom is -0.480 e. The van der Waals surface area contributed by atoms with Crippen LogP contribution in [0.4, 0.5) is 11.4 Å². The molecule has 0 saturated carbocycles. The molecule has 8 nitrogen and oxygen atoms in total. The second kappa shape index (κ2) is 5.34. The summed E-state index contributed by atoms with van der Waals surface area (Å²) in [5, 5.41) is 21.7. The zero-order valence-corrected chi connectivity index (χ0v) is 10.3. The number of nitrogens with two attached hydrogens (primary N) is 1. The van der Waals surface area contributed by atoms with Gasteiger partial charge in [0, 0.05) is 6.07 Å². The fourth-order valence-electron chi connectivity index (χ4n) is 1.45. The number of anilines is 1. The number of carbonyl (C=O) groups is 2. The van der Waals surface area contributed by atoms with Crippen LogP contribution in [0.15, 0.2) is 12.1 Å². The molecule has 0 saturated heterocycles. The fraction of sp³-hybridized carbons (Fsp3) is 0.273. The van der Waals surface area contributed by atoms with E-state index in [9.17, 15) is 19.7 Å². The first-order valence-corrected chi connectivity index (χ1v) is 5.32. The van der Waals surface area contributed by atoms with Crippen molar-refractivity contribution in [1.82, 2.24) is 5.32 Å². The van der Waals surface area contributed by atoms with Gasteiger partial charge < -0.3 is 16.2 Å². The summed E-state index contributed by atoms with van der Waals surface area (Å²) < 4.78 is 0. The number of nitrogens with zero attached hydrogens (tertiary/aromatic N) is 1. The predicted molar refractivity (Wildman–Crippen MR) is 66.8 cm³/mol. The lowest BCUT2D eigenvalue weighted by Crippen LogP contribution is -2.38. The smallest absolute Gasteiger partial charge is 0.325 e. The van der Waals surface area contributed by atoms with Crippen molar-refractivity contribution in [3.63, 3.8) is 0 Å². The molecule has 1 atom stereocenters. The zero-order valence-electron chi connectivity index (χ0n) is 10.3. The van der Waals surface area contributed by atoms with Gasteiger partial charge in [0.2, 0.25) is 0 Å². The average molecular weight is 267 g/mol. The van der Waals surface area contributed by atoms with Gasteiger partial charge in [0.25, 0.3) is 11.6 Å². The first-order valence-electron chi connectivity index (χ1n) is 5.32. The second-order valence-electron chi connectivity index (χ2n) is 4.04. The Morgan fingerprint density at radius 1 is 1.47 bits per heavy atom. The van der Waals surface area contributed by atoms with Gasteiger partial charge in [0.05, 0.1) is 10.5 Å². The van der Waals surface area contributed by atoms with Gasteiger partial charge in [-0.25, -0.2) is 0 Å². The van der Waals surface area contributed by atoms with Crippen LogP contribution < -0.4 is 11.1 Å². The van der Waals surface area contributed by atoms with E-state index < -0.39 is 22.8 Å². The Morgan fingerprint density at radius 2 is 2.05 bits per heavy atom. The number of benzene rings is 1. The second-order valence-corrected chi connectivity index (χ2v) is 4.04. The third-order valence-corrected chi connectivity index (χ3v) is 2.46. The molecule has 1 unspecified atom stereocenters. The maximum atomic E-state index is 11.8. The molecule has 0 radical (unpaired) electrons. The lowest BCUT2D eigenvalue weighted by Gasteiger charge is -2.11. The standard InChI is InChI=1S/C11H13N3O5/c1-5-3-7(9(12)8(4-5)14(18)19)10(15)13-6(2)11(16)17/h3-4,6H,12H2,1-2H3,(H,13,15)(H,16,17). The Morgan fingerprint density at radius 3 is 2.53 bits per heavy atom. The molecule has 102 valence electrons. The number of nitrogen functional groups attached to an aromatic ring is 1. The van der Waals surface area contributed by atoms with Crippen LogP contribution in [0.25, 0.3) is 0 Å². The lowest BCUT2D eigenvalue weighted by molar-refractivity contribution is -0.384. The first kappa shape index (κ1) is 14.4. The summed E-state index contributed by atoms with van der Waals surface area (Å²) in [6.07, 6.45) is 0. The van der Waals surface area contributed by atoms with Gasteiger partial charge in [-0.2, -0.15) is 0 Å². The molecule has 8 heteroatoms. The summed E-state index contributed by atoms with van der Waals surface area (Å²) >= 11 is 0. The summed E-state index contributed by atoms with van der Waals surface area (Å²) in [4.78, 5) is 32.6. The SMILES string of the molecule is Cc1cc(C(=O)NC(C)C(=O)O)c(N)c([N+](=O)[O-])c1. The fourth-order valence-corrected chi connectivity index (χ4v) is 1.45. The largest absolute Gasteiger partial charge is 0.480 e. The van der Waals surface area contributed by atoms with E-state index in [2.05, 4.69) is 5.32 Å². The number of carboxylic acids is 1. The molecule has 0 aliphatic rings. The molecular weight excluding hydrogens is 254 g/mol. The average Bonchev–Trinajstić information content (AvgIpc) is 2.30. The molecule has 0 spiro atoms. The first-order chi connectivity index (χ1) is 8.73. The highest BCUT2D eigenvalue weighted by Gasteiger charge is 2.22. The molecule has 0 fully saturated rings. The van der Waals surface area contributed by atoms with Crippen LogP contribution in [0.1, 0.15) is 22.8 Å². The van der Waals surface area contributed by atoms with E-state index >= 15 is 0 Å². The molecule has 0 heterocycles. The number of nitro benzene ring substituents is 1. The van der Waals surface area contributed by atoms with Crippen molar-refractivity contribution < 1.29 is 19.6 Å². The van der Waals surface area contributed by atoms with Crippen LogP contribution in [0.3, 0.4) is 0 Å². The molecule has 4 N–H and O–H groups in total. The quantitative estimate of drug-likeness (QED) is 0.417.